The fraction of sp³-hybridized carbons (Fsp3) is 0.833. The fourth-order valence-electron chi connectivity index (χ4n) is 1.23. The van der Waals surface area contributed by atoms with Gasteiger partial charge in [-0.05, 0) is 6.92 Å². The second-order valence-corrected chi connectivity index (χ2v) is 2.90. The Hall–Kier alpha value is -1.73. The topological polar surface area (TPSA) is 113 Å². The third-order valence-electron chi connectivity index (χ3n) is 2.11. The van der Waals surface area contributed by atoms with Crippen LogP contribution in [-0.4, -0.2) is 28.1 Å². The number of hydrogen-bond donors (Lipinski definition) is 0. The van der Waals surface area contributed by atoms with Crippen molar-refractivity contribution in [2.45, 2.75) is 19.0 Å². The maximum absolute atomic E-state index is 11.0. The Morgan fingerprint density at radius 1 is 1.50 bits per heavy atom. The highest BCUT2D eigenvalue weighted by Crippen LogP contribution is 2.47. The van der Waals surface area contributed by atoms with Gasteiger partial charge in [0.05, 0.1) is 16.5 Å². The van der Waals surface area contributed by atoms with Crippen molar-refractivity contribution in [3.8, 4) is 0 Å². The van der Waals surface area contributed by atoms with Gasteiger partial charge in [-0.25, -0.2) is 0 Å². The van der Waals surface area contributed by atoms with Crippen molar-refractivity contribution < 1.29 is 19.4 Å². The molecule has 14 heavy (non-hydrogen) atoms. The smallest absolute Gasteiger partial charge is 0.465 e. The van der Waals surface area contributed by atoms with Gasteiger partial charge in [0.1, 0.15) is 6.42 Å². The highest BCUT2D eigenvalue weighted by atomic mass is 16.7. The van der Waals surface area contributed by atoms with E-state index in [0.29, 0.717) is 0 Å². The first-order chi connectivity index (χ1) is 6.46. The van der Waals surface area contributed by atoms with E-state index in [0.717, 1.165) is 0 Å². The van der Waals surface area contributed by atoms with E-state index in [4.69, 9.17) is 0 Å². The van der Waals surface area contributed by atoms with Crippen molar-refractivity contribution in [1.82, 2.24) is 0 Å². The number of nitrogens with zero attached hydrogens (tertiary/aromatic N) is 2. The normalized spacial score (nSPS) is 22.5. The number of rotatable bonds is 4. The van der Waals surface area contributed by atoms with Crippen LogP contribution in [0.3, 0.4) is 0 Å². The zero-order valence-electron chi connectivity index (χ0n) is 7.34. The SMILES string of the molecule is CCOC(=O)C1CC1([N+](=O)[O-])[N+](=O)[O-]. The minimum absolute atomic E-state index is 0.0564. The van der Waals surface area contributed by atoms with Gasteiger partial charge in [0.25, 0.3) is 0 Å². The molecule has 0 aromatic rings. The zero-order chi connectivity index (χ0) is 10.9. The summed E-state index contributed by atoms with van der Waals surface area (Å²) < 4.78 is 4.47. The predicted molar refractivity (Wildman–Crippen MR) is 41.5 cm³/mol. The Morgan fingerprint density at radius 3 is 2.29 bits per heavy atom. The number of carbonyl (C=O) groups excluding carboxylic acids is 1. The molecule has 8 heteroatoms. The lowest BCUT2D eigenvalue weighted by Crippen LogP contribution is -2.35. The van der Waals surface area contributed by atoms with Crippen LogP contribution in [-0.2, 0) is 9.53 Å². The first-order valence-electron chi connectivity index (χ1n) is 3.92. The summed E-state index contributed by atoms with van der Waals surface area (Å²) in [5.74, 6) is -2.12. The number of ether oxygens (including phenoxy) is 1. The highest BCUT2D eigenvalue weighted by Gasteiger charge is 2.82. The molecule has 0 amide bonds. The van der Waals surface area contributed by atoms with E-state index < -0.39 is 27.4 Å². The molecule has 0 aliphatic heterocycles. The van der Waals surface area contributed by atoms with Crippen LogP contribution in [0.25, 0.3) is 0 Å². The van der Waals surface area contributed by atoms with E-state index in [1.165, 1.54) is 6.92 Å². The summed E-state index contributed by atoms with van der Waals surface area (Å²) >= 11 is 0. The van der Waals surface area contributed by atoms with Crippen LogP contribution in [0.4, 0.5) is 0 Å². The summed E-state index contributed by atoms with van der Waals surface area (Å²) in [7, 11) is 0. The van der Waals surface area contributed by atoms with Gasteiger partial charge in [0, 0.05) is 0 Å². The molecule has 0 saturated heterocycles. The van der Waals surface area contributed by atoms with Crippen molar-refractivity contribution in [3.05, 3.63) is 20.2 Å². The van der Waals surface area contributed by atoms with Crippen LogP contribution >= 0.6 is 0 Å². The van der Waals surface area contributed by atoms with E-state index in [1.54, 1.807) is 0 Å². The van der Waals surface area contributed by atoms with Crippen molar-refractivity contribution in [1.29, 1.82) is 0 Å². The second kappa shape index (κ2) is 3.20. The molecular formula is C6H8N2O6. The van der Waals surface area contributed by atoms with E-state index in [2.05, 4.69) is 4.74 Å². The molecule has 1 rings (SSSR count). The lowest BCUT2D eigenvalue weighted by molar-refractivity contribution is -0.766. The molecule has 1 saturated carbocycles. The quantitative estimate of drug-likeness (QED) is 0.271. The van der Waals surface area contributed by atoms with Crippen LogP contribution in [0.2, 0.25) is 0 Å². The van der Waals surface area contributed by atoms with Gasteiger partial charge in [0.2, 0.25) is 5.92 Å². The van der Waals surface area contributed by atoms with E-state index in [9.17, 15) is 25.0 Å². The Labute approximate surface area is 78.1 Å². The van der Waals surface area contributed by atoms with Crippen LogP contribution in [0, 0.1) is 26.1 Å². The van der Waals surface area contributed by atoms with Crippen molar-refractivity contribution in [3.63, 3.8) is 0 Å². The Balaban J connectivity index is 2.76. The average Bonchev–Trinajstić information content (AvgIpc) is 2.79. The number of esters is 1. The summed E-state index contributed by atoms with van der Waals surface area (Å²) in [4.78, 5) is 29.7. The lowest BCUT2D eigenvalue weighted by Gasteiger charge is -2.00. The van der Waals surface area contributed by atoms with Crippen LogP contribution in [0.1, 0.15) is 13.3 Å². The maximum atomic E-state index is 11.0. The Bertz CT molecular complexity index is 287. The minimum Gasteiger partial charge on any atom is -0.465 e. The third-order valence-corrected chi connectivity index (χ3v) is 2.11. The molecule has 1 atom stereocenters. The molecule has 1 aliphatic carbocycles. The lowest BCUT2D eigenvalue weighted by atomic mass is 10.3. The predicted octanol–water partition coefficient (Wildman–Crippen LogP) is -0.181. The van der Waals surface area contributed by atoms with Gasteiger partial charge in [-0.1, -0.05) is 0 Å². The summed E-state index contributed by atoms with van der Waals surface area (Å²) in [6.45, 7) is 1.58. The van der Waals surface area contributed by atoms with Crippen molar-refractivity contribution >= 4 is 5.97 Å². The summed E-state index contributed by atoms with van der Waals surface area (Å²) in [6, 6.07) is 0. The molecule has 1 fully saturated rings. The second-order valence-electron chi connectivity index (χ2n) is 2.90. The zero-order valence-corrected chi connectivity index (χ0v) is 7.34. The molecule has 78 valence electrons. The van der Waals surface area contributed by atoms with Crippen LogP contribution in [0.5, 0.6) is 0 Å². The monoisotopic (exact) mass is 204 g/mol. The van der Waals surface area contributed by atoms with Crippen molar-refractivity contribution in [2.24, 2.45) is 5.92 Å². The number of hydrogen-bond acceptors (Lipinski definition) is 6. The standard InChI is InChI=1S/C6H8N2O6/c1-2-14-5(9)4-3-6(4,7(10)11)8(12)13/h4H,2-3H2,1H3. The first-order valence-corrected chi connectivity index (χ1v) is 3.92. The molecule has 0 radical (unpaired) electrons. The summed E-state index contributed by atoms with van der Waals surface area (Å²) in [6.07, 6.45) is -0.383. The largest absolute Gasteiger partial charge is 0.473 e. The average molecular weight is 204 g/mol. The van der Waals surface area contributed by atoms with E-state index >= 15 is 0 Å². The fourth-order valence-corrected chi connectivity index (χ4v) is 1.23. The molecule has 1 unspecified atom stereocenters. The van der Waals surface area contributed by atoms with Gasteiger partial charge in [-0.3, -0.25) is 25.0 Å². The van der Waals surface area contributed by atoms with Gasteiger partial charge < -0.3 is 4.74 Å². The van der Waals surface area contributed by atoms with Crippen LogP contribution < -0.4 is 0 Å². The first kappa shape index (κ1) is 10.4. The van der Waals surface area contributed by atoms with Gasteiger partial charge >= 0.3 is 11.6 Å². The Kier molecular flexibility index (Phi) is 2.37. The van der Waals surface area contributed by atoms with E-state index in [1.807, 2.05) is 0 Å². The highest BCUT2D eigenvalue weighted by molar-refractivity contribution is 5.77. The minimum atomic E-state index is -2.34. The van der Waals surface area contributed by atoms with Crippen LogP contribution in [0.15, 0.2) is 0 Å². The third kappa shape index (κ3) is 1.28. The molecule has 0 bridgehead atoms. The Morgan fingerprint density at radius 2 is 2.00 bits per heavy atom. The van der Waals surface area contributed by atoms with Gasteiger partial charge in [-0.15, -0.1) is 0 Å². The summed E-state index contributed by atoms with van der Waals surface area (Å²) in [5.41, 5.74) is -2.34. The molecule has 0 aromatic heterocycles. The maximum Gasteiger partial charge on any atom is 0.473 e. The number of nitro groups is 2. The molecule has 0 aromatic carbocycles. The molecule has 1 aliphatic rings. The molecule has 0 heterocycles. The summed E-state index contributed by atoms with van der Waals surface area (Å²) in [5, 5.41) is 20.8. The number of carbonyl (C=O) groups is 1. The van der Waals surface area contributed by atoms with Crippen molar-refractivity contribution in [2.75, 3.05) is 6.61 Å². The van der Waals surface area contributed by atoms with Gasteiger partial charge in [0.15, 0.2) is 0 Å². The molecular weight excluding hydrogens is 196 g/mol. The van der Waals surface area contributed by atoms with Gasteiger partial charge in [-0.2, -0.15) is 0 Å². The molecule has 0 spiro atoms. The van der Waals surface area contributed by atoms with E-state index in [-0.39, 0.29) is 13.0 Å². The molecule has 0 N–H and O–H groups in total. The molecule has 8 nitrogen and oxygen atoms in total.